The van der Waals surface area contributed by atoms with Gasteiger partial charge in [-0.15, -0.1) is 0 Å². The van der Waals surface area contributed by atoms with E-state index < -0.39 is 10.8 Å². The molecule has 1 aromatic carbocycles. The van der Waals surface area contributed by atoms with E-state index in [0.29, 0.717) is 16.5 Å². The average Bonchev–Trinajstić information content (AvgIpc) is 2.10. The van der Waals surface area contributed by atoms with E-state index in [1.54, 1.807) is 12.1 Å². The van der Waals surface area contributed by atoms with Crippen LogP contribution >= 0.6 is 11.6 Å². The second kappa shape index (κ2) is 5.37. The van der Waals surface area contributed by atoms with E-state index in [0.717, 1.165) is 17.7 Å². The normalized spacial score (nSPS) is 12.7. The second-order valence-corrected chi connectivity index (χ2v) is 5.12. The van der Waals surface area contributed by atoms with Crippen LogP contribution in [-0.2, 0) is 16.6 Å². The highest BCUT2D eigenvalue weighted by molar-refractivity contribution is 7.84. The van der Waals surface area contributed by atoms with Gasteiger partial charge in [0.15, 0.2) is 0 Å². The Bertz CT molecular complexity index is 341. The lowest BCUT2D eigenvalue weighted by atomic mass is 10.2. The van der Waals surface area contributed by atoms with Crippen molar-refractivity contribution in [1.82, 2.24) is 0 Å². The maximum absolute atomic E-state index is 11.5. The zero-order chi connectivity index (χ0) is 10.6. The maximum atomic E-state index is 11.5. The molecule has 0 saturated heterocycles. The predicted octanol–water partition coefficient (Wildman–Crippen LogP) is 2.58. The SMILES string of the molecule is CCCS(=O)Cc1ccc(N)cc1Cl. The van der Waals surface area contributed by atoms with Crippen LogP contribution in [0.15, 0.2) is 18.2 Å². The van der Waals surface area contributed by atoms with Crippen molar-refractivity contribution in [1.29, 1.82) is 0 Å². The lowest BCUT2D eigenvalue weighted by Crippen LogP contribution is -2.00. The van der Waals surface area contributed by atoms with Crippen LogP contribution in [0.3, 0.4) is 0 Å². The molecular formula is C10H14ClNOS. The van der Waals surface area contributed by atoms with Gasteiger partial charge in [-0.2, -0.15) is 0 Å². The lowest BCUT2D eigenvalue weighted by Gasteiger charge is -2.04. The molecule has 0 spiro atoms. The average molecular weight is 232 g/mol. The Morgan fingerprint density at radius 3 is 2.79 bits per heavy atom. The van der Waals surface area contributed by atoms with Crippen molar-refractivity contribution in [2.75, 3.05) is 11.5 Å². The van der Waals surface area contributed by atoms with E-state index in [-0.39, 0.29) is 0 Å². The highest BCUT2D eigenvalue weighted by Gasteiger charge is 2.04. The first-order chi connectivity index (χ1) is 6.63. The summed E-state index contributed by atoms with van der Waals surface area (Å²) in [5.41, 5.74) is 7.11. The summed E-state index contributed by atoms with van der Waals surface area (Å²) in [6.07, 6.45) is 0.930. The third-order valence-electron chi connectivity index (χ3n) is 1.83. The van der Waals surface area contributed by atoms with Crippen LogP contribution in [-0.4, -0.2) is 9.96 Å². The summed E-state index contributed by atoms with van der Waals surface area (Å²) >= 11 is 5.96. The van der Waals surface area contributed by atoms with E-state index in [9.17, 15) is 4.21 Å². The van der Waals surface area contributed by atoms with E-state index in [2.05, 4.69) is 0 Å². The summed E-state index contributed by atoms with van der Waals surface area (Å²) in [5.74, 6) is 1.24. The largest absolute Gasteiger partial charge is 0.399 e. The first kappa shape index (κ1) is 11.5. The van der Waals surface area contributed by atoms with E-state index in [4.69, 9.17) is 17.3 Å². The molecule has 0 fully saturated rings. The molecule has 1 atom stereocenters. The van der Waals surface area contributed by atoms with E-state index >= 15 is 0 Å². The van der Waals surface area contributed by atoms with Crippen molar-refractivity contribution >= 4 is 28.1 Å². The summed E-state index contributed by atoms with van der Waals surface area (Å²) in [7, 11) is -0.813. The molecule has 0 radical (unpaired) electrons. The molecule has 1 unspecified atom stereocenters. The summed E-state index contributed by atoms with van der Waals surface area (Å²) < 4.78 is 11.5. The van der Waals surface area contributed by atoms with Crippen molar-refractivity contribution in [2.45, 2.75) is 19.1 Å². The van der Waals surface area contributed by atoms with Crippen molar-refractivity contribution in [2.24, 2.45) is 0 Å². The molecule has 2 nitrogen and oxygen atoms in total. The fourth-order valence-corrected chi connectivity index (χ4v) is 2.69. The molecule has 0 heterocycles. The van der Waals surface area contributed by atoms with Gasteiger partial charge >= 0.3 is 0 Å². The number of hydrogen-bond acceptors (Lipinski definition) is 2. The number of nitrogens with two attached hydrogens (primary N) is 1. The molecule has 0 aliphatic rings. The van der Waals surface area contributed by atoms with Crippen LogP contribution < -0.4 is 5.73 Å². The van der Waals surface area contributed by atoms with E-state index in [1.807, 2.05) is 13.0 Å². The van der Waals surface area contributed by atoms with Gasteiger partial charge in [0, 0.05) is 33.0 Å². The van der Waals surface area contributed by atoms with Crippen LogP contribution in [0, 0.1) is 0 Å². The number of hydrogen-bond donors (Lipinski definition) is 1. The molecule has 14 heavy (non-hydrogen) atoms. The Morgan fingerprint density at radius 1 is 1.50 bits per heavy atom. The zero-order valence-electron chi connectivity index (χ0n) is 8.13. The molecule has 2 N–H and O–H groups in total. The first-order valence-electron chi connectivity index (χ1n) is 4.52. The van der Waals surface area contributed by atoms with Crippen LogP contribution in [0.25, 0.3) is 0 Å². The monoisotopic (exact) mass is 231 g/mol. The minimum absolute atomic E-state index is 0.521. The second-order valence-electron chi connectivity index (χ2n) is 3.14. The van der Waals surface area contributed by atoms with Gasteiger partial charge in [0.25, 0.3) is 0 Å². The molecule has 0 aromatic heterocycles. The van der Waals surface area contributed by atoms with Crippen LogP contribution in [0.1, 0.15) is 18.9 Å². The minimum Gasteiger partial charge on any atom is -0.399 e. The van der Waals surface area contributed by atoms with Crippen LogP contribution in [0.5, 0.6) is 0 Å². The molecule has 0 aliphatic heterocycles. The van der Waals surface area contributed by atoms with Gasteiger partial charge in [-0.25, -0.2) is 0 Å². The Labute approximate surface area is 91.9 Å². The minimum atomic E-state index is -0.813. The van der Waals surface area contributed by atoms with Gasteiger partial charge in [0.1, 0.15) is 0 Å². The fraction of sp³-hybridized carbons (Fsp3) is 0.400. The third-order valence-corrected chi connectivity index (χ3v) is 3.67. The quantitative estimate of drug-likeness (QED) is 0.810. The van der Waals surface area contributed by atoms with Crippen LogP contribution in [0.4, 0.5) is 5.69 Å². The topological polar surface area (TPSA) is 43.1 Å². The summed E-state index contributed by atoms with van der Waals surface area (Å²) in [4.78, 5) is 0. The van der Waals surface area contributed by atoms with Gasteiger partial charge in [-0.1, -0.05) is 24.6 Å². The molecule has 78 valence electrons. The molecule has 4 heteroatoms. The maximum Gasteiger partial charge on any atom is 0.0500 e. The summed E-state index contributed by atoms with van der Waals surface area (Å²) in [6.45, 7) is 2.02. The highest BCUT2D eigenvalue weighted by atomic mass is 35.5. The Hall–Kier alpha value is -0.540. The Morgan fingerprint density at radius 2 is 2.21 bits per heavy atom. The van der Waals surface area contributed by atoms with Crippen molar-refractivity contribution < 1.29 is 4.21 Å². The van der Waals surface area contributed by atoms with Crippen molar-refractivity contribution in [3.05, 3.63) is 28.8 Å². The Kier molecular flexibility index (Phi) is 4.42. The number of nitrogen functional groups attached to an aromatic ring is 1. The van der Waals surface area contributed by atoms with Gasteiger partial charge in [-0.3, -0.25) is 4.21 Å². The number of rotatable bonds is 4. The summed E-state index contributed by atoms with van der Waals surface area (Å²) in [6, 6.07) is 5.32. The van der Waals surface area contributed by atoms with Gasteiger partial charge < -0.3 is 5.73 Å². The lowest BCUT2D eigenvalue weighted by molar-refractivity contribution is 0.681. The molecule has 0 amide bonds. The molecule has 0 bridgehead atoms. The molecule has 1 aromatic rings. The van der Waals surface area contributed by atoms with Crippen molar-refractivity contribution in [3.8, 4) is 0 Å². The smallest absolute Gasteiger partial charge is 0.0500 e. The van der Waals surface area contributed by atoms with Gasteiger partial charge in [0.05, 0.1) is 0 Å². The number of benzene rings is 1. The van der Waals surface area contributed by atoms with Crippen LogP contribution in [0.2, 0.25) is 5.02 Å². The van der Waals surface area contributed by atoms with Gasteiger partial charge in [0.2, 0.25) is 0 Å². The number of anilines is 1. The predicted molar refractivity (Wildman–Crippen MR) is 62.9 cm³/mol. The number of halogens is 1. The molecule has 0 saturated carbocycles. The molecule has 0 aliphatic carbocycles. The first-order valence-corrected chi connectivity index (χ1v) is 6.39. The van der Waals surface area contributed by atoms with Crippen molar-refractivity contribution in [3.63, 3.8) is 0 Å². The molecule has 1 rings (SSSR count). The molecular weight excluding hydrogens is 218 g/mol. The highest BCUT2D eigenvalue weighted by Crippen LogP contribution is 2.20. The fourth-order valence-electron chi connectivity index (χ4n) is 1.15. The Balaban J connectivity index is 2.72. The zero-order valence-corrected chi connectivity index (χ0v) is 9.70. The standard InChI is InChI=1S/C10H14ClNOS/c1-2-5-14(13)7-8-3-4-9(12)6-10(8)11/h3-4,6H,2,5,7,12H2,1H3. The van der Waals surface area contributed by atoms with Gasteiger partial charge in [-0.05, 0) is 24.1 Å². The summed E-state index contributed by atoms with van der Waals surface area (Å²) in [5, 5.41) is 0.606. The van der Waals surface area contributed by atoms with E-state index in [1.165, 1.54) is 0 Å². The third kappa shape index (κ3) is 3.31.